The number of aromatic nitrogens is 2. The molecule has 1 N–H and O–H groups in total. The Morgan fingerprint density at radius 1 is 0.917 bits per heavy atom. The van der Waals surface area contributed by atoms with Crippen molar-refractivity contribution >= 4 is 16.7 Å². The Kier molecular flexibility index (Phi) is 10.3. The van der Waals surface area contributed by atoms with E-state index in [4.69, 9.17) is 14.7 Å². The van der Waals surface area contributed by atoms with Gasteiger partial charge in [0.05, 0.1) is 18.7 Å². The van der Waals surface area contributed by atoms with E-state index in [1.54, 1.807) is 0 Å². The van der Waals surface area contributed by atoms with Crippen molar-refractivity contribution in [3.8, 4) is 0 Å². The van der Waals surface area contributed by atoms with Crippen LogP contribution in [0.1, 0.15) is 49.9 Å². The zero-order chi connectivity index (χ0) is 25.0. The number of aryl methyl sites for hydroxylation is 1. The number of anilines is 1. The third-order valence-corrected chi connectivity index (χ3v) is 7.22. The van der Waals surface area contributed by atoms with Crippen molar-refractivity contribution in [3.05, 3.63) is 78.1 Å². The van der Waals surface area contributed by atoms with E-state index in [1.165, 1.54) is 44.1 Å². The Labute approximate surface area is 217 Å². The van der Waals surface area contributed by atoms with Crippen molar-refractivity contribution in [3.63, 3.8) is 0 Å². The number of nitrogens with one attached hydrogen (secondary N) is 1. The molecule has 4 rings (SSSR count). The summed E-state index contributed by atoms with van der Waals surface area (Å²) in [4.78, 5) is 11.8. The van der Waals surface area contributed by atoms with Gasteiger partial charge in [-0.1, -0.05) is 73.9 Å². The molecule has 1 fully saturated rings. The molecular formula is C31H42N4O. The van der Waals surface area contributed by atoms with Crippen molar-refractivity contribution in [2.24, 2.45) is 11.8 Å². The Morgan fingerprint density at radius 3 is 2.47 bits per heavy atom. The van der Waals surface area contributed by atoms with E-state index < -0.39 is 0 Å². The summed E-state index contributed by atoms with van der Waals surface area (Å²) >= 11 is 0. The van der Waals surface area contributed by atoms with Crippen LogP contribution >= 0.6 is 0 Å². The summed E-state index contributed by atoms with van der Waals surface area (Å²) in [5, 5.41) is 4.74. The summed E-state index contributed by atoms with van der Waals surface area (Å²) in [5.41, 5.74) is 2.27. The predicted octanol–water partition coefficient (Wildman–Crippen LogP) is 6.19. The first kappa shape index (κ1) is 26.3. The van der Waals surface area contributed by atoms with E-state index in [0.29, 0.717) is 13.2 Å². The number of hydrogen-bond acceptors (Lipinski definition) is 5. The molecule has 2 aromatic carbocycles. The van der Waals surface area contributed by atoms with Gasteiger partial charge in [-0.05, 0) is 55.3 Å². The van der Waals surface area contributed by atoms with Crippen LogP contribution in [0.15, 0.2) is 66.7 Å². The average molecular weight is 487 g/mol. The topological polar surface area (TPSA) is 50.3 Å². The van der Waals surface area contributed by atoms with E-state index in [-0.39, 0.29) is 0 Å². The van der Waals surface area contributed by atoms with Crippen LogP contribution in [0.2, 0.25) is 0 Å². The molecule has 0 saturated heterocycles. The predicted molar refractivity (Wildman–Crippen MR) is 150 cm³/mol. The van der Waals surface area contributed by atoms with Crippen LogP contribution in [0.25, 0.3) is 10.9 Å². The first-order valence-electron chi connectivity index (χ1n) is 13.6. The van der Waals surface area contributed by atoms with Crippen molar-refractivity contribution in [1.82, 2.24) is 15.3 Å². The molecule has 0 aliphatic heterocycles. The van der Waals surface area contributed by atoms with Crippen LogP contribution in [0.4, 0.5) is 5.82 Å². The summed E-state index contributed by atoms with van der Waals surface area (Å²) in [6, 6.07) is 18.7. The first-order valence-corrected chi connectivity index (χ1v) is 13.6. The number of nitrogens with zero attached hydrogens (tertiary/aromatic N) is 3. The molecule has 0 spiro atoms. The maximum atomic E-state index is 5.70. The van der Waals surface area contributed by atoms with Crippen molar-refractivity contribution in [1.29, 1.82) is 0 Å². The normalized spacial score (nSPS) is 18.2. The lowest BCUT2D eigenvalue weighted by molar-refractivity contribution is 0.148. The second-order valence-electron chi connectivity index (χ2n) is 10.3. The molecule has 1 saturated carbocycles. The van der Waals surface area contributed by atoms with Gasteiger partial charge in [-0.2, -0.15) is 0 Å². The van der Waals surface area contributed by atoms with Crippen molar-refractivity contribution < 1.29 is 4.74 Å². The molecule has 0 bridgehead atoms. The van der Waals surface area contributed by atoms with Gasteiger partial charge in [-0.15, -0.1) is 0 Å². The van der Waals surface area contributed by atoms with E-state index in [0.717, 1.165) is 53.9 Å². The molecule has 1 aliphatic carbocycles. The number of para-hydroxylation sites is 1. The van der Waals surface area contributed by atoms with Crippen molar-refractivity contribution in [2.45, 2.75) is 51.6 Å². The average Bonchev–Trinajstić information content (AvgIpc) is 2.91. The van der Waals surface area contributed by atoms with Crippen LogP contribution < -0.4 is 10.2 Å². The minimum absolute atomic E-state index is 0.669. The summed E-state index contributed by atoms with van der Waals surface area (Å²) in [7, 11) is 4.12. The zero-order valence-corrected chi connectivity index (χ0v) is 22.0. The molecule has 3 aromatic rings. The largest absolute Gasteiger partial charge is 0.373 e. The molecule has 0 radical (unpaired) electrons. The number of hydrogen-bond donors (Lipinski definition) is 1. The van der Waals surface area contributed by atoms with E-state index in [2.05, 4.69) is 72.9 Å². The minimum Gasteiger partial charge on any atom is -0.373 e. The Balaban J connectivity index is 1.08. The molecule has 0 amide bonds. The smallest absolute Gasteiger partial charge is 0.139 e. The van der Waals surface area contributed by atoms with Gasteiger partial charge in [0.2, 0.25) is 0 Å². The Hall–Kier alpha value is -2.76. The van der Waals surface area contributed by atoms with E-state index in [1.807, 2.05) is 18.2 Å². The molecule has 192 valence electrons. The quantitative estimate of drug-likeness (QED) is 0.231. The van der Waals surface area contributed by atoms with Crippen LogP contribution in [0, 0.1) is 11.8 Å². The fourth-order valence-electron chi connectivity index (χ4n) is 5.17. The summed E-state index contributed by atoms with van der Waals surface area (Å²) in [5.74, 6) is 3.68. The maximum absolute atomic E-state index is 5.70. The number of ether oxygens (including phenoxy) is 1. The zero-order valence-electron chi connectivity index (χ0n) is 22.0. The molecule has 1 aromatic heterocycles. The second-order valence-corrected chi connectivity index (χ2v) is 10.3. The fraction of sp³-hybridized carbons (Fsp3) is 0.484. The number of benzene rings is 2. The van der Waals surface area contributed by atoms with Crippen LogP contribution in [-0.4, -0.2) is 43.8 Å². The number of fused-ring (bicyclic) bond motifs is 1. The van der Waals surface area contributed by atoms with Gasteiger partial charge in [0.25, 0.3) is 0 Å². The summed E-state index contributed by atoms with van der Waals surface area (Å²) < 4.78 is 5.70. The van der Waals surface area contributed by atoms with Gasteiger partial charge < -0.3 is 15.0 Å². The highest BCUT2D eigenvalue weighted by molar-refractivity contribution is 5.89. The lowest BCUT2D eigenvalue weighted by Gasteiger charge is -2.28. The third-order valence-electron chi connectivity index (χ3n) is 7.22. The fourth-order valence-corrected chi connectivity index (χ4v) is 5.17. The van der Waals surface area contributed by atoms with Crippen LogP contribution in [-0.2, 0) is 17.8 Å². The van der Waals surface area contributed by atoms with Crippen LogP contribution in [0.5, 0.6) is 0 Å². The highest BCUT2D eigenvalue weighted by Crippen LogP contribution is 2.31. The molecule has 0 unspecified atom stereocenters. The van der Waals surface area contributed by atoms with Crippen molar-refractivity contribution in [2.75, 3.05) is 38.7 Å². The molecule has 0 atom stereocenters. The van der Waals surface area contributed by atoms with Gasteiger partial charge >= 0.3 is 0 Å². The number of rotatable bonds is 13. The molecule has 5 heteroatoms. The minimum atomic E-state index is 0.669. The molecule has 1 heterocycles. The SMILES string of the molecule is CN(C)c1nc(CCCC2CCC(CNC/C=C\COCc3ccccc3)CC2)nc2ccccc12. The first-order chi connectivity index (χ1) is 17.7. The lowest BCUT2D eigenvalue weighted by atomic mass is 9.80. The molecule has 1 aliphatic rings. The van der Waals surface area contributed by atoms with Gasteiger partial charge in [0.15, 0.2) is 0 Å². The Morgan fingerprint density at radius 2 is 1.67 bits per heavy atom. The molecular weight excluding hydrogens is 444 g/mol. The summed E-state index contributed by atoms with van der Waals surface area (Å²) in [6.07, 6.45) is 13.1. The highest BCUT2D eigenvalue weighted by atomic mass is 16.5. The van der Waals surface area contributed by atoms with E-state index in [9.17, 15) is 0 Å². The lowest BCUT2D eigenvalue weighted by Crippen LogP contribution is -2.26. The Bertz CT molecular complexity index is 1070. The van der Waals surface area contributed by atoms with Gasteiger partial charge in [0, 0.05) is 32.4 Å². The second kappa shape index (κ2) is 14.1. The highest BCUT2D eigenvalue weighted by Gasteiger charge is 2.20. The van der Waals surface area contributed by atoms with Crippen LogP contribution in [0.3, 0.4) is 0 Å². The summed E-state index contributed by atoms with van der Waals surface area (Å²) in [6.45, 7) is 3.39. The van der Waals surface area contributed by atoms with Gasteiger partial charge in [0.1, 0.15) is 11.6 Å². The monoisotopic (exact) mass is 486 g/mol. The maximum Gasteiger partial charge on any atom is 0.139 e. The van der Waals surface area contributed by atoms with E-state index >= 15 is 0 Å². The van der Waals surface area contributed by atoms with Gasteiger partial charge in [-0.3, -0.25) is 0 Å². The van der Waals surface area contributed by atoms with Gasteiger partial charge in [-0.25, -0.2) is 9.97 Å². The molecule has 5 nitrogen and oxygen atoms in total. The molecule has 36 heavy (non-hydrogen) atoms. The third kappa shape index (κ3) is 8.14. The standard InChI is InChI=1S/C31H42N4O/c1-35(2)31-28-14-6-7-15-29(28)33-30(34-31)16-10-13-25-17-19-26(20-18-25)23-32-21-8-9-22-36-24-27-11-4-3-5-12-27/h3-9,11-12,14-15,25-26,32H,10,13,16-24H2,1-2H3/b9-8-.